The van der Waals surface area contributed by atoms with E-state index in [1.165, 1.54) is 11.1 Å². The Morgan fingerprint density at radius 1 is 1.26 bits per heavy atom. The first-order valence-electron chi connectivity index (χ1n) is 7.97. The number of carbonyl (C=O) groups excluding carboxylic acids is 1. The molecule has 1 amide bonds. The van der Waals surface area contributed by atoms with Gasteiger partial charge in [-0.25, -0.2) is 0 Å². The smallest absolute Gasteiger partial charge is 0.266 e. The molecule has 0 unspecified atom stereocenters. The molecule has 0 aromatic heterocycles. The first-order chi connectivity index (χ1) is 11.1. The van der Waals surface area contributed by atoms with Crippen LogP contribution in [0.4, 0.5) is 0 Å². The van der Waals surface area contributed by atoms with Crippen molar-refractivity contribution < 1.29 is 4.79 Å². The van der Waals surface area contributed by atoms with Crippen molar-refractivity contribution in [2.75, 3.05) is 39.8 Å². The third-order valence-electron chi connectivity index (χ3n) is 4.07. The quantitative estimate of drug-likeness (QED) is 0.506. The highest BCUT2D eigenvalue weighted by molar-refractivity contribution is 5.97. The number of rotatable bonds is 5. The van der Waals surface area contributed by atoms with Gasteiger partial charge in [-0.2, -0.15) is 5.26 Å². The Balaban J connectivity index is 1.83. The highest BCUT2D eigenvalue weighted by Crippen LogP contribution is 2.06. The second-order valence-electron chi connectivity index (χ2n) is 5.96. The number of nitriles is 1. The van der Waals surface area contributed by atoms with E-state index in [0.29, 0.717) is 19.6 Å². The van der Waals surface area contributed by atoms with Crippen LogP contribution in [0.5, 0.6) is 0 Å². The monoisotopic (exact) mass is 312 g/mol. The van der Waals surface area contributed by atoms with Gasteiger partial charge in [-0.1, -0.05) is 29.8 Å². The first-order valence-corrected chi connectivity index (χ1v) is 7.97. The summed E-state index contributed by atoms with van der Waals surface area (Å²) in [6.07, 6.45) is 2.41. The van der Waals surface area contributed by atoms with Gasteiger partial charge >= 0.3 is 0 Å². The molecule has 122 valence electrons. The van der Waals surface area contributed by atoms with Crippen LogP contribution >= 0.6 is 0 Å². The molecule has 1 aromatic carbocycles. The van der Waals surface area contributed by atoms with E-state index < -0.39 is 0 Å². The van der Waals surface area contributed by atoms with Crippen molar-refractivity contribution in [1.29, 1.82) is 5.26 Å². The summed E-state index contributed by atoms with van der Waals surface area (Å²) in [5.41, 5.74) is 2.66. The molecule has 0 aliphatic carbocycles. The average Bonchev–Trinajstić information content (AvgIpc) is 2.57. The van der Waals surface area contributed by atoms with Gasteiger partial charge in [0.15, 0.2) is 0 Å². The van der Waals surface area contributed by atoms with E-state index in [0.717, 1.165) is 19.5 Å². The highest BCUT2D eigenvalue weighted by Gasteiger charge is 2.21. The van der Waals surface area contributed by atoms with Crippen LogP contribution in [-0.2, 0) is 11.2 Å². The maximum atomic E-state index is 12.3. The normalized spacial score (nSPS) is 16.0. The lowest BCUT2D eigenvalue weighted by molar-refractivity contribution is -0.128. The number of hydrogen-bond acceptors (Lipinski definition) is 4. The van der Waals surface area contributed by atoms with E-state index in [-0.39, 0.29) is 11.5 Å². The predicted octanol–water partition coefficient (Wildman–Crippen LogP) is 1.31. The second-order valence-corrected chi connectivity index (χ2v) is 5.96. The molecule has 1 aromatic rings. The minimum absolute atomic E-state index is 0.177. The summed E-state index contributed by atoms with van der Waals surface area (Å²) in [6, 6.07) is 10.4. The summed E-state index contributed by atoms with van der Waals surface area (Å²) in [4.78, 5) is 16.2. The summed E-state index contributed by atoms with van der Waals surface area (Å²) in [5, 5.41) is 12.3. The van der Waals surface area contributed by atoms with Gasteiger partial charge in [0.05, 0.1) is 0 Å². The maximum absolute atomic E-state index is 12.3. The third kappa shape index (κ3) is 5.11. The summed E-state index contributed by atoms with van der Waals surface area (Å²) in [7, 11) is 2.04. The van der Waals surface area contributed by atoms with Gasteiger partial charge in [0.1, 0.15) is 11.6 Å². The number of piperazine rings is 1. The van der Waals surface area contributed by atoms with Crippen molar-refractivity contribution in [3.63, 3.8) is 0 Å². The van der Waals surface area contributed by atoms with Crippen molar-refractivity contribution in [2.24, 2.45) is 0 Å². The largest absolute Gasteiger partial charge is 0.389 e. The van der Waals surface area contributed by atoms with E-state index in [1.807, 2.05) is 13.1 Å². The van der Waals surface area contributed by atoms with Crippen LogP contribution in [0.3, 0.4) is 0 Å². The molecule has 0 atom stereocenters. The summed E-state index contributed by atoms with van der Waals surface area (Å²) in [5.74, 6) is -0.177. The number of nitrogens with zero attached hydrogens (tertiary/aromatic N) is 3. The second kappa shape index (κ2) is 8.35. The lowest BCUT2D eigenvalue weighted by Crippen LogP contribution is -2.47. The topological polar surface area (TPSA) is 59.4 Å². The Hall–Kier alpha value is -2.32. The van der Waals surface area contributed by atoms with Crippen LogP contribution in [-0.4, -0.2) is 55.5 Å². The van der Waals surface area contributed by atoms with Gasteiger partial charge in [0.2, 0.25) is 0 Å². The summed E-state index contributed by atoms with van der Waals surface area (Å²) >= 11 is 0. The van der Waals surface area contributed by atoms with Gasteiger partial charge in [0.25, 0.3) is 5.91 Å². The average molecular weight is 312 g/mol. The van der Waals surface area contributed by atoms with E-state index in [1.54, 1.807) is 11.1 Å². The fourth-order valence-corrected chi connectivity index (χ4v) is 2.47. The molecule has 0 bridgehead atoms. The van der Waals surface area contributed by atoms with Gasteiger partial charge in [-0.15, -0.1) is 0 Å². The zero-order chi connectivity index (χ0) is 16.7. The number of benzene rings is 1. The minimum Gasteiger partial charge on any atom is -0.389 e. The molecule has 1 saturated heterocycles. The van der Waals surface area contributed by atoms with Crippen LogP contribution < -0.4 is 5.32 Å². The summed E-state index contributed by atoms with van der Waals surface area (Å²) < 4.78 is 0. The Morgan fingerprint density at radius 2 is 1.91 bits per heavy atom. The zero-order valence-electron chi connectivity index (χ0n) is 13.9. The Labute approximate surface area is 138 Å². The van der Waals surface area contributed by atoms with Crippen LogP contribution in [0.25, 0.3) is 0 Å². The van der Waals surface area contributed by atoms with Crippen molar-refractivity contribution in [2.45, 2.75) is 13.3 Å². The van der Waals surface area contributed by atoms with Crippen molar-refractivity contribution in [1.82, 2.24) is 15.1 Å². The molecule has 1 aliphatic rings. The molecule has 0 radical (unpaired) electrons. The Kier molecular flexibility index (Phi) is 6.19. The molecule has 5 nitrogen and oxygen atoms in total. The van der Waals surface area contributed by atoms with Crippen molar-refractivity contribution >= 4 is 5.91 Å². The molecule has 1 N–H and O–H groups in total. The molecule has 1 heterocycles. The van der Waals surface area contributed by atoms with Crippen LogP contribution in [0.15, 0.2) is 36.0 Å². The van der Waals surface area contributed by atoms with E-state index in [2.05, 4.69) is 41.4 Å². The molecular formula is C18H24N4O. The van der Waals surface area contributed by atoms with Gasteiger partial charge in [-0.05, 0) is 26.0 Å². The van der Waals surface area contributed by atoms with Gasteiger partial charge in [-0.3, -0.25) is 4.79 Å². The molecule has 2 rings (SSSR count). The van der Waals surface area contributed by atoms with Crippen molar-refractivity contribution in [3.05, 3.63) is 47.2 Å². The number of carbonyl (C=O) groups is 1. The third-order valence-corrected chi connectivity index (χ3v) is 4.07. The standard InChI is InChI=1S/C18H24N4O/c1-15-3-5-16(6-4-15)7-8-20-14-17(13-19)18(23)22-11-9-21(2)10-12-22/h3-6,14,20H,7-12H2,1-2H3/b17-14-. The first kappa shape index (κ1) is 17.0. The molecule has 0 saturated carbocycles. The minimum atomic E-state index is -0.177. The zero-order valence-corrected chi connectivity index (χ0v) is 13.9. The van der Waals surface area contributed by atoms with E-state index >= 15 is 0 Å². The van der Waals surface area contributed by atoms with E-state index in [9.17, 15) is 10.1 Å². The Bertz CT molecular complexity index is 592. The fourth-order valence-electron chi connectivity index (χ4n) is 2.47. The van der Waals surface area contributed by atoms with Crippen molar-refractivity contribution in [3.8, 4) is 6.07 Å². The number of nitrogens with one attached hydrogen (secondary N) is 1. The maximum Gasteiger partial charge on any atom is 0.266 e. The number of likely N-dealkylation sites (N-methyl/N-ethyl adjacent to an activating group) is 1. The van der Waals surface area contributed by atoms with Gasteiger partial charge < -0.3 is 15.1 Å². The number of hydrogen-bond donors (Lipinski definition) is 1. The lowest BCUT2D eigenvalue weighted by Gasteiger charge is -2.32. The molecular weight excluding hydrogens is 288 g/mol. The molecule has 5 heteroatoms. The Morgan fingerprint density at radius 3 is 2.52 bits per heavy atom. The molecule has 1 fully saturated rings. The van der Waals surface area contributed by atoms with Crippen LogP contribution in [0.1, 0.15) is 11.1 Å². The molecule has 0 spiro atoms. The van der Waals surface area contributed by atoms with Crippen LogP contribution in [0, 0.1) is 18.3 Å². The van der Waals surface area contributed by atoms with Crippen LogP contribution in [0.2, 0.25) is 0 Å². The van der Waals surface area contributed by atoms with Gasteiger partial charge in [0, 0.05) is 38.9 Å². The fraction of sp³-hybridized carbons (Fsp3) is 0.444. The summed E-state index contributed by atoms with van der Waals surface area (Å²) in [6.45, 7) is 5.82. The number of aryl methyl sites for hydroxylation is 1. The SMILES string of the molecule is Cc1ccc(CCN/C=C(/C#N)C(=O)N2CCN(C)CC2)cc1. The number of amides is 1. The van der Waals surface area contributed by atoms with E-state index in [4.69, 9.17) is 0 Å². The highest BCUT2D eigenvalue weighted by atomic mass is 16.2. The molecule has 23 heavy (non-hydrogen) atoms. The lowest BCUT2D eigenvalue weighted by atomic mass is 10.1. The predicted molar refractivity (Wildman–Crippen MR) is 90.7 cm³/mol. The molecule has 1 aliphatic heterocycles.